The Kier molecular flexibility index (Phi) is 10.2. The number of rotatable bonds is 10. The van der Waals surface area contributed by atoms with Crippen LogP contribution in [0.25, 0.3) is 0 Å². The number of aliphatic hydroxyl groups excluding tert-OH is 3. The van der Waals surface area contributed by atoms with Crippen LogP contribution in [0.1, 0.15) is 25.7 Å². The zero-order valence-corrected chi connectivity index (χ0v) is 15.0. The Morgan fingerprint density at radius 1 is 1.28 bits per heavy atom. The third-order valence-corrected chi connectivity index (χ3v) is 4.19. The highest BCUT2D eigenvalue weighted by atomic mass is 32.1. The minimum atomic E-state index is -1.36. The molecule has 1 heterocycles. The number of ether oxygens (including phenoxy) is 2. The first-order valence-electron chi connectivity index (χ1n) is 8.25. The van der Waals surface area contributed by atoms with E-state index in [1.165, 1.54) is 0 Å². The van der Waals surface area contributed by atoms with E-state index in [0.29, 0.717) is 6.61 Å². The van der Waals surface area contributed by atoms with Gasteiger partial charge in [-0.15, -0.1) is 0 Å². The number of aliphatic hydroxyl groups is 3. The molecule has 0 aromatic carbocycles. The Morgan fingerprint density at radius 3 is 2.60 bits per heavy atom. The number of carbonyl (C=O) groups excluding carboxylic acids is 1. The maximum Gasteiger partial charge on any atom is 0.226 e. The largest absolute Gasteiger partial charge is 0.403 e. The summed E-state index contributed by atoms with van der Waals surface area (Å²) in [4.78, 5) is 12.0. The van der Waals surface area contributed by atoms with Crippen molar-refractivity contribution in [3.05, 3.63) is 11.9 Å². The Bertz CT molecular complexity index is 439. The van der Waals surface area contributed by atoms with Gasteiger partial charge in [-0.3, -0.25) is 4.79 Å². The molecule has 9 nitrogen and oxygen atoms in total. The van der Waals surface area contributed by atoms with Crippen molar-refractivity contribution in [1.29, 1.82) is 0 Å². The molecule has 1 aliphatic heterocycles. The number of hydrogen-bond acceptors (Lipinski definition) is 9. The first-order valence-corrected chi connectivity index (χ1v) is 8.88. The van der Waals surface area contributed by atoms with E-state index < -0.39 is 43.2 Å². The summed E-state index contributed by atoms with van der Waals surface area (Å²) in [6.07, 6.45) is -1.15. The number of carbonyl (C=O) groups is 1. The van der Waals surface area contributed by atoms with Gasteiger partial charge in [-0.2, -0.15) is 12.6 Å². The zero-order chi connectivity index (χ0) is 18.8. The number of nitrogens with one attached hydrogen (secondary N) is 1. The normalized spacial score (nSPS) is 30.2. The average Bonchev–Trinajstić information content (AvgIpc) is 2.60. The van der Waals surface area contributed by atoms with Crippen molar-refractivity contribution in [1.82, 2.24) is 5.32 Å². The molecule has 1 rings (SSSR count). The third kappa shape index (κ3) is 7.00. The van der Waals surface area contributed by atoms with E-state index >= 15 is 0 Å². The van der Waals surface area contributed by atoms with Crippen LogP contribution >= 0.6 is 12.6 Å². The average molecular weight is 379 g/mol. The minimum Gasteiger partial charge on any atom is -0.403 e. The molecule has 25 heavy (non-hydrogen) atoms. The van der Waals surface area contributed by atoms with Crippen molar-refractivity contribution in [2.75, 3.05) is 19.0 Å². The molecule has 8 N–H and O–H groups in total. The van der Waals surface area contributed by atoms with Crippen molar-refractivity contribution in [3.63, 3.8) is 0 Å². The smallest absolute Gasteiger partial charge is 0.226 e. The van der Waals surface area contributed by atoms with Crippen LogP contribution in [-0.4, -0.2) is 70.8 Å². The number of amides is 1. The summed E-state index contributed by atoms with van der Waals surface area (Å²) < 4.78 is 11.1. The Labute approximate surface area is 152 Å². The molecule has 1 aliphatic rings. The number of thiol groups is 1. The molecular weight excluding hydrogens is 350 g/mol. The van der Waals surface area contributed by atoms with Crippen molar-refractivity contribution in [2.24, 2.45) is 11.5 Å². The van der Waals surface area contributed by atoms with Gasteiger partial charge in [0.05, 0.1) is 13.0 Å². The van der Waals surface area contributed by atoms with Gasteiger partial charge in [0.25, 0.3) is 0 Å². The van der Waals surface area contributed by atoms with Crippen molar-refractivity contribution in [3.8, 4) is 0 Å². The van der Waals surface area contributed by atoms with E-state index in [1.54, 1.807) is 0 Å². The van der Waals surface area contributed by atoms with Crippen molar-refractivity contribution in [2.45, 2.75) is 56.3 Å². The van der Waals surface area contributed by atoms with Gasteiger partial charge in [-0.05, 0) is 18.6 Å². The van der Waals surface area contributed by atoms with Crippen LogP contribution in [0, 0.1) is 0 Å². The van der Waals surface area contributed by atoms with Gasteiger partial charge in [0.1, 0.15) is 24.4 Å². The van der Waals surface area contributed by atoms with E-state index in [-0.39, 0.29) is 12.1 Å². The molecule has 0 aliphatic carbocycles. The van der Waals surface area contributed by atoms with E-state index in [2.05, 4.69) is 17.9 Å². The maximum atomic E-state index is 12.0. The Hall–Kier alpha value is -1.04. The van der Waals surface area contributed by atoms with Gasteiger partial charge in [-0.1, -0.05) is 6.42 Å². The first kappa shape index (κ1) is 22.0. The molecule has 1 saturated heterocycles. The standard InChI is InChI=1S/C15H29N3O6S/c16-7-9(17)6-11(20)18-12-14(22)13(21)10(8-19)24-15(12)23-4-2-1-3-5-25/h7,10,12-15,19,21-22,25H,1-6,8,16-17H2,(H,18,20)/b9-7-/t10-,12-,13-,14-,15-/m1/s1. The lowest BCUT2D eigenvalue weighted by molar-refractivity contribution is -0.270. The molecule has 0 unspecified atom stereocenters. The van der Waals surface area contributed by atoms with Gasteiger partial charge in [-0.25, -0.2) is 0 Å². The highest BCUT2D eigenvalue weighted by molar-refractivity contribution is 7.80. The number of hydrogen-bond donors (Lipinski definition) is 7. The first-order chi connectivity index (χ1) is 11.9. The molecule has 1 amide bonds. The minimum absolute atomic E-state index is 0.159. The van der Waals surface area contributed by atoms with Crippen LogP contribution in [-0.2, 0) is 14.3 Å². The lowest BCUT2D eigenvalue weighted by atomic mass is 9.96. The van der Waals surface area contributed by atoms with Crippen LogP contribution in [0.2, 0.25) is 0 Å². The molecule has 0 aromatic heterocycles. The molecule has 5 atom stereocenters. The SMILES string of the molecule is N/C=C(\N)CC(=O)N[C@H]1[C@H](OCCCCCS)O[C@H](CO)[C@@H](O)[C@@H]1O. The third-order valence-electron chi connectivity index (χ3n) is 3.87. The second kappa shape index (κ2) is 11.6. The van der Waals surface area contributed by atoms with Gasteiger partial charge in [0.2, 0.25) is 5.91 Å². The monoisotopic (exact) mass is 379 g/mol. The quantitative estimate of drug-likeness (QED) is 0.172. The second-order valence-corrected chi connectivity index (χ2v) is 6.32. The molecule has 0 aromatic rings. The van der Waals surface area contributed by atoms with Crippen LogP contribution in [0.4, 0.5) is 0 Å². The summed E-state index contributed by atoms with van der Waals surface area (Å²) in [5.41, 5.74) is 10.9. The fourth-order valence-corrected chi connectivity index (χ4v) is 2.67. The molecule has 0 bridgehead atoms. The van der Waals surface area contributed by atoms with E-state index in [4.69, 9.17) is 20.9 Å². The summed E-state index contributed by atoms with van der Waals surface area (Å²) in [5, 5.41) is 32.1. The van der Waals surface area contributed by atoms with E-state index in [0.717, 1.165) is 31.2 Å². The maximum absolute atomic E-state index is 12.0. The summed E-state index contributed by atoms with van der Waals surface area (Å²) in [5.74, 6) is 0.289. The van der Waals surface area contributed by atoms with Crippen LogP contribution in [0.3, 0.4) is 0 Å². The fourth-order valence-electron chi connectivity index (χ4n) is 2.45. The zero-order valence-electron chi connectivity index (χ0n) is 14.1. The fraction of sp³-hybridized carbons (Fsp3) is 0.800. The topological polar surface area (TPSA) is 160 Å². The molecule has 0 saturated carbocycles. The second-order valence-electron chi connectivity index (χ2n) is 5.87. The summed E-state index contributed by atoms with van der Waals surface area (Å²) in [6, 6.07) is -0.999. The van der Waals surface area contributed by atoms with Crippen LogP contribution in [0.5, 0.6) is 0 Å². The van der Waals surface area contributed by atoms with Gasteiger partial charge >= 0.3 is 0 Å². The molecule has 146 valence electrons. The lowest BCUT2D eigenvalue weighted by Crippen LogP contribution is -2.64. The van der Waals surface area contributed by atoms with Crippen LogP contribution in [0.15, 0.2) is 11.9 Å². The van der Waals surface area contributed by atoms with Crippen molar-refractivity contribution >= 4 is 18.5 Å². The lowest BCUT2D eigenvalue weighted by Gasteiger charge is -2.42. The van der Waals surface area contributed by atoms with Gasteiger partial charge in [0.15, 0.2) is 6.29 Å². The predicted molar refractivity (Wildman–Crippen MR) is 94.4 cm³/mol. The summed E-state index contributed by atoms with van der Waals surface area (Å²) >= 11 is 4.13. The summed E-state index contributed by atoms with van der Waals surface area (Å²) in [7, 11) is 0. The Morgan fingerprint density at radius 2 is 2.00 bits per heavy atom. The van der Waals surface area contributed by atoms with E-state index in [9.17, 15) is 20.1 Å². The van der Waals surface area contributed by atoms with Crippen LogP contribution < -0.4 is 16.8 Å². The molecule has 10 heteroatoms. The molecular formula is C15H29N3O6S. The highest BCUT2D eigenvalue weighted by Gasteiger charge is 2.45. The Balaban J connectivity index is 2.69. The van der Waals surface area contributed by atoms with E-state index in [1.807, 2.05) is 0 Å². The summed E-state index contributed by atoms with van der Waals surface area (Å²) in [6.45, 7) is -0.141. The molecule has 0 radical (unpaired) electrons. The van der Waals surface area contributed by atoms with Crippen molar-refractivity contribution < 1.29 is 29.6 Å². The molecule has 1 fully saturated rings. The molecule has 0 spiro atoms. The number of nitrogens with two attached hydrogens (primary N) is 2. The highest BCUT2D eigenvalue weighted by Crippen LogP contribution is 2.22. The number of unbranched alkanes of at least 4 members (excludes halogenated alkanes) is 2. The predicted octanol–water partition coefficient (Wildman–Crippen LogP) is -1.82. The van der Waals surface area contributed by atoms with Gasteiger partial charge < -0.3 is 41.6 Å². The van der Waals surface area contributed by atoms with Gasteiger partial charge in [0, 0.05) is 18.5 Å².